The van der Waals surface area contributed by atoms with Gasteiger partial charge in [0.05, 0.1) is 12.3 Å². The van der Waals surface area contributed by atoms with E-state index in [0.29, 0.717) is 18.0 Å². The number of anilines is 3. The Morgan fingerprint density at radius 1 is 1.00 bits per heavy atom. The molecule has 3 aromatic rings. The Bertz CT molecular complexity index is 877. The average molecular weight is 348 g/mol. The minimum absolute atomic E-state index is 0.178. The molecule has 2 N–H and O–H groups in total. The molecule has 0 fully saturated rings. The third kappa shape index (κ3) is 4.64. The van der Waals surface area contributed by atoms with Gasteiger partial charge >= 0.3 is 0 Å². The van der Waals surface area contributed by atoms with Gasteiger partial charge in [-0.25, -0.2) is 0 Å². The summed E-state index contributed by atoms with van der Waals surface area (Å²) in [7, 11) is 1.65. The number of carbonyl (C=O) groups is 1. The molecule has 0 saturated heterocycles. The molecule has 0 aliphatic carbocycles. The minimum atomic E-state index is -0.178. The summed E-state index contributed by atoms with van der Waals surface area (Å²) in [5.41, 5.74) is 3.95. The highest BCUT2D eigenvalue weighted by Crippen LogP contribution is 2.17. The van der Waals surface area contributed by atoms with Crippen LogP contribution in [0.1, 0.15) is 21.6 Å². The molecule has 0 atom stereocenters. The fourth-order valence-electron chi connectivity index (χ4n) is 2.41. The maximum absolute atomic E-state index is 12.5. The summed E-state index contributed by atoms with van der Waals surface area (Å²) < 4.78 is 5.08. The highest BCUT2D eigenvalue weighted by atomic mass is 16.5. The molecule has 1 heterocycles. The monoisotopic (exact) mass is 348 g/mol. The normalized spacial score (nSPS) is 10.4. The van der Waals surface area contributed by atoms with Crippen LogP contribution in [-0.4, -0.2) is 23.2 Å². The number of rotatable bonds is 6. The van der Waals surface area contributed by atoms with Crippen molar-refractivity contribution in [2.24, 2.45) is 0 Å². The molecule has 0 unspecified atom stereocenters. The van der Waals surface area contributed by atoms with E-state index in [9.17, 15) is 4.79 Å². The highest BCUT2D eigenvalue weighted by Gasteiger charge is 2.07. The van der Waals surface area contributed by atoms with Gasteiger partial charge in [-0.2, -0.15) is 5.10 Å². The number of hydrogen-bond donors (Lipinski definition) is 2. The molecule has 6 heteroatoms. The van der Waals surface area contributed by atoms with Crippen molar-refractivity contribution >= 4 is 23.1 Å². The lowest BCUT2D eigenvalue weighted by atomic mass is 10.1. The zero-order valence-electron chi connectivity index (χ0n) is 14.7. The second kappa shape index (κ2) is 8.22. The van der Waals surface area contributed by atoms with Crippen molar-refractivity contribution in [1.82, 2.24) is 10.2 Å². The maximum atomic E-state index is 12.5. The Balaban J connectivity index is 1.68. The number of aryl methyl sites for hydroxylation is 1. The topological polar surface area (TPSA) is 76.1 Å². The van der Waals surface area contributed by atoms with Crippen LogP contribution in [0.15, 0.2) is 60.7 Å². The molecule has 26 heavy (non-hydrogen) atoms. The number of amides is 1. The Morgan fingerprint density at radius 2 is 1.81 bits per heavy atom. The van der Waals surface area contributed by atoms with Gasteiger partial charge in [-0.05, 0) is 55.0 Å². The van der Waals surface area contributed by atoms with Crippen molar-refractivity contribution in [2.75, 3.05) is 17.7 Å². The lowest BCUT2D eigenvalue weighted by Crippen LogP contribution is -2.12. The highest BCUT2D eigenvalue weighted by molar-refractivity contribution is 6.04. The van der Waals surface area contributed by atoms with E-state index in [2.05, 4.69) is 20.8 Å². The molecule has 0 spiro atoms. The van der Waals surface area contributed by atoms with E-state index >= 15 is 0 Å². The molecule has 1 aromatic heterocycles. The van der Waals surface area contributed by atoms with Gasteiger partial charge in [-0.1, -0.05) is 18.2 Å². The Kier molecular flexibility index (Phi) is 5.56. The SMILES string of the molecule is COCc1ccc(NC(=O)c2cccc(Nc3ccc(C)nn3)c2)cc1. The van der Waals surface area contributed by atoms with Crippen LogP contribution in [0, 0.1) is 6.92 Å². The number of benzene rings is 2. The second-order valence-corrected chi connectivity index (χ2v) is 5.85. The zero-order valence-corrected chi connectivity index (χ0v) is 14.7. The molecule has 0 bridgehead atoms. The van der Waals surface area contributed by atoms with Gasteiger partial charge in [0, 0.05) is 24.0 Å². The van der Waals surface area contributed by atoms with Gasteiger partial charge in [-0.3, -0.25) is 4.79 Å². The van der Waals surface area contributed by atoms with E-state index in [-0.39, 0.29) is 5.91 Å². The summed E-state index contributed by atoms with van der Waals surface area (Å²) >= 11 is 0. The Labute approximate surface area is 152 Å². The van der Waals surface area contributed by atoms with Crippen LogP contribution < -0.4 is 10.6 Å². The first-order chi connectivity index (χ1) is 12.6. The smallest absolute Gasteiger partial charge is 0.255 e. The van der Waals surface area contributed by atoms with Crippen LogP contribution in [0.2, 0.25) is 0 Å². The van der Waals surface area contributed by atoms with E-state index < -0.39 is 0 Å². The summed E-state index contributed by atoms with van der Waals surface area (Å²) in [5.74, 6) is 0.449. The third-order valence-corrected chi connectivity index (χ3v) is 3.72. The van der Waals surface area contributed by atoms with Crippen molar-refractivity contribution in [2.45, 2.75) is 13.5 Å². The molecule has 132 valence electrons. The van der Waals surface area contributed by atoms with Crippen molar-refractivity contribution in [3.63, 3.8) is 0 Å². The Morgan fingerprint density at radius 3 is 2.50 bits per heavy atom. The lowest BCUT2D eigenvalue weighted by Gasteiger charge is -2.09. The van der Waals surface area contributed by atoms with Crippen LogP contribution in [-0.2, 0) is 11.3 Å². The third-order valence-electron chi connectivity index (χ3n) is 3.72. The zero-order chi connectivity index (χ0) is 18.4. The van der Waals surface area contributed by atoms with Gasteiger partial charge in [0.1, 0.15) is 0 Å². The van der Waals surface area contributed by atoms with Gasteiger partial charge in [-0.15, -0.1) is 5.10 Å². The molecule has 0 aliphatic rings. The lowest BCUT2D eigenvalue weighted by molar-refractivity contribution is 0.102. The standard InChI is InChI=1S/C20H20N4O2/c1-14-6-11-19(24-23-14)21-18-5-3-4-16(12-18)20(25)22-17-9-7-15(8-10-17)13-26-2/h3-12H,13H2,1-2H3,(H,21,24)(H,22,25). The summed E-state index contributed by atoms with van der Waals surface area (Å²) in [4.78, 5) is 12.5. The van der Waals surface area contributed by atoms with E-state index in [4.69, 9.17) is 4.74 Å². The van der Waals surface area contributed by atoms with E-state index in [0.717, 1.165) is 22.6 Å². The first-order valence-electron chi connectivity index (χ1n) is 8.21. The number of hydrogen-bond acceptors (Lipinski definition) is 5. The molecule has 0 radical (unpaired) electrons. The number of methoxy groups -OCH3 is 1. The summed E-state index contributed by atoms with van der Waals surface area (Å²) in [6.07, 6.45) is 0. The molecule has 3 rings (SSSR count). The number of carbonyl (C=O) groups excluding carboxylic acids is 1. The van der Waals surface area contributed by atoms with E-state index in [1.165, 1.54) is 0 Å². The van der Waals surface area contributed by atoms with Crippen molar-refractivity contribution in [3.8, 4) is 0 Å². The first kappa shape index (κ1) is 17.6. The van der Waals surface area contributed by atoms with E-state index in [1.807, 2.05) is 55.5 Å². The molecule has 2 aromatic carbocycles. The molecule has 1 amide bonds. The molecule has 0 saturated carbocycles. The Hall–Kier alpha value is -3.25. The van der Waals surface area contributed by atoms with Crippen molar-refractivity contribution in [1.29, 1.82) is 0 Å². The largest absolute Gasteiger partial charge is 0.380 e. The second-order valence-electron chi connectivity index (χ2n) is 5.85. The predicted octanol–water partition coefficient (Wildman–Crippen LogP) is 3.93. The summed E-state index contributed by atoms with van der Waals surface area (Å²) in [5, 5.41) is 14.1. The fourth-order valence-corrected chi connectivity index (χ4v) is 2.41. The fraction of sp³-hybridized carbons (Fsp3) is 0.150. The summed E-state index contributed by atoms with van der Waals surface area (Å²) in [6, 6.07) is 18.5. The number of nitrogens with one attached hydrogen (secondary N) is 2. The summed E-state index contributed by atoms with van der Waals surface area (Å²) in [6.45, 7) is 2.42. The van der Waals surface area contributed by atoms with E-state index in [1.54, 1.807) is 19.2 Å². The van der Waals surface area contributed by atoms with Crippen molar-refractivity contribution < 1.29 is 9.53 Å². The molecular formula is C20H20N4O2. The maximum Gasteiger partial charge on any atom is 0.255 e. The molecule has 6 nitrogen and oxygen atoms in total. The number of aromatic nitrogens is 2. The predicted molar refractivity (Wildman–Crippen MR) is 102 cm³/mol. The average Bonchev–Trinajstić information content (AvgIpc) is 2.66. The van der Waals surface area contributed by atoms with Gasteiger partial charge in [0.2, 0.25) is 0 Å². The first-order valence-corrected chi connectivity index (χ1v) is 8.21. The molecular weight excluding hydrogens is 328 g/mol. The molecule has 0 aliphatic heterocycles. The van der Waals surface area contributed by atoms with Crippen LogP contribution >= 0.6 is 0 Å². The minimum Gasteiger partial charge on any atom is -0.380 e. The van der Waals surface area contributed by atoms with Crippen LogP contribution in [0.5, 0.6) is 0 Å². The van der Waals surface area contributed by atoms with Crippen molar-refractivity contribution in [3.05, 3.63) is 77.5 Å². The quantitative estimate of drug-likeness (QED) is 0.706. The van der Waals surface area contributed by atoms with Gasteiger partial charge in [0.15, 0.2) is 5.82 Å². The number of ether oxygens (including phenoxy) is 1. The van der Waals surface area contributed by atoms with Gasteiger partial charge in [0.25, 0.3) is 5.91 Å². The van der Waals surface area contributed by atoms with Crippen LogP contribution in [0.25, 0.3) is 0 Å². The van der Waals surface area contributed by atoms with Crippen LogP contribution in [0.4, 0.5) is 17.2 Å². The number of nitrogens with zero attached hydrogens (tertiary/aromatic N) is 2. The van der Waals surface area contributed by atoms with Gasteiger partial charge < -0.3 is 15.4 Å². The van der Waals surface area contributed by atoms with Crippen LogP contribution in [0.3, 0.4) is 0 Å².